The van der Waals surface area contributed by atoms with Crippen LogP contribution in [0.15, 0.2) is 29.7 Å². The van der Waals surface area contributed by atoms with Gasteiger partial charge in [-0.15, -0.1) is 0 Å². The van der Waals surface area contributed by atoms with Crippen LogP contribution in [-0.4, -0.2) is 28.8 Å². The summed E-state index contributed by atoms with van der Waals surface area (Å²) in [6, 6.07) is 6.70. The molecule has 1 aromatic heterocycles. The van der Waals surface area contributed by atoms with Crippen LogP contribution in [0.5, 0.6) is 5.75 Å². The van der Waals surface area contributed by atoms with Gasteiger partial charge in [0.05, 0.1) is 7.11 Å². The number of rotatable bonds is 8. The lowest BCUT2D eigenvalue weighted by Gasteiger charge is -2.16. The number of nitrogens with zero attached hydrogens (tertiary/aromatic N) is 2. The fourth-order valence-corrected chi connectivity index (χ4v) is 2.83. The summed E-state index contributed by atoms with van der Waals surface area (Å²) in [6.07, 6.45) is 2.65. The van der Waals surface area contributed by atoms with Crippen molar-refractivity contribution in [3.63, 3.8) is 0 Å². The van der Waals surface area contributed by atoms with E-state index in [1.807, 2.05) is 6.07 Å². The minimum Gasteiger partial charge on any atom is -0.496 e. The van der Waals surface area contributed by atoms with Crippen molar-refractivity contribution in [3.8, 4) is 5.75 Å². The van der Waals surface area contributed by atoms with Crippen molar-refractivity contribution in [2.24, 2.45) is 0 Å². The molecule has 1 heterocycles. The predicted molar refractivity (Wildman–Crippen MR) is 85.6 cm³/mol. The first-order chi connectivity index (χ1) is 10.2. The van der Waals surface area contributed by atoms with Gasteiger partial charge in [0.25, 0.3) is 0 Å². The third-order valence-corrected chi connectivity index (χ3v) is 4.19. The van der Waals surface area contributed by atoms with Gasteiger partial charge in [-0.3, -0.25) is 5.10 Å². The van der Waals surface area contributed by atoms with E-state index in [1.165, 1.54) is 17.5 Å². The van der Waals surface area contributed by atoms with E-state index < -0.39 is 0 Å². The normalized spacial score (nSPS) is 12.3. The van der Waals surface area contributed by atoms with Gasteiger partial charge in [0.2, 0.25) is 0 Å². The molecule has 1 atom stereocenters. The number of hydrogen-bond donors (Lipinski definition) is 2. The van der Waals surface area contributed by atoms with E-state index in [4.69, 9.17) is 4.74 Å². The quantitative estimate of drug-likeness (QED) is 0.734. The number of methoxy groups -OCH3 is 1. The zero-order valence-electron chi connectivity index (χ0n) is 12.7. The number of thioether (sulfide) groups is 1. The Kier molecular flexibility index (Phi) is 6.07. The van der Waals surface area contributed by atoms with Gasteiger partial charge in [-0.05, 0) is 37.6 Å². The predicted octanol–water partition coefficient (Wildman–Crippen LogP) is 3.17. The maximum atomic E-state index is 5.45. The minimum atomic E-state index is 0.338. The summed E-state index contributed by atoms with van der Waals surface area (Å²) in [7, 11) is 1.70. The van der Waals surface area contributed by atoms with Crippen LogP contribution in [0.1, 0.15) is 37.4 Å². The molecule has 114 valence electrons. The van der Waals surface area contributed by atoms with E-state index in [-0.39, 0.29) is 0 Å². The molecular weight excluding hydrogens is 284 g/mol. The molecule has 0 bridgehead atoms. The van der Waals surface area contributed by atoms with Gasteiger partial charge >= 0.3 is 0 Å². The summed E-state index contributed by atoms with van der Waals surface area (Å²) in [5.74, 6) is 1.71. The number of H-pyrrole nitrogens is 1. The van der Waals surface area contributed by atoms with Crippen molar-refractivity contribution >= 4 is 11.8 Å². The average molecular weight is 306 g/mol. The van der Waals surface area contributed by atoms with Crippen molar-refractivity contribution in [3.05, 3.63) is 35.7 Å². The third kappa shape index (κ3) is 4.47. The van der Waals surface area contributed by atoms with E-state index in [1.54, 1.807) is 18.9 Å². The van der Waals surface area contributed by atoms with Crippen LogP contribution in [-0.2, 0) is 5.75 Å². The van der Waals surface area contributed by atoms with Gasteiger partial charge in [0, 0.05) is 17.4 Å². The van der Waals surface area contributed by atoms with E-state index in [9.17, 15) is 0 Å². The molecule has 0 aliphatic rings. The number of hydrogen-bond acceptors (Lipinski definition) is 5. The molecule has 0 spiro atoms. The Morgan fingerprint density at radius 2 is 2.29 bits per heavy atom. The molecule has 0 radical (unpaired) electrons. The summed E-state index contributed by atoms with van der Waals surface area (Å²) >= 11 is 1.62. The minimum absolute atomic E-state index is 0.338. The largest absolute Gasteiger partial charge is 0.496 e. The molecule has 2 N–H and O–H groups in total. The van der Waals surface area contributed by atoms with Crippen LogP contribution in [0.25, 0.3) is 0 Å². The highest BCUT2D eigenvalue weighted by atomic mass is 32.2. The van der Waals surface area contributed by atoms with Crippen molar-refractivity contribution in [2.45, 2.75) is 37.2 Å². The second kappa shape index (κ2) is 8.05. The number of nitrogens with one attached hydrogen (secondary N) is 2. The molecule has 21 heavy (non-hydrogen) atoms. The Morgan fingerprint density at radius 1 is 1.43 bits per heavy atom. The van der Waals surface area contributed by atoms with Crippen molar-refractivity contribution < 1.29 is 4.74 Å². The number of benzene rings is 1. The molecule has 0 saturated carbocycles. The Balaban J connectivity index is 2.09. The Hall–Kier alpha value is -1.53. The summed E-state index contributed by atoms with van der Waals surface area (Å²) in [5, 5.41) is 11.0. The molecular formula is C15H22N4OS. The lowest BCUT2D eigenvalue weighted by molar-refractivity contribution is 0.411. The second-order valence-electron chi connectivity index (χ2n) is 4.83. The first-order valence-electron chi connectivity index (χ1n) is 7.13. The highest BCUT2D eigenvalue weighted by Gasteiger charge is 2.10. The molecule has 2 rings (SSSR count). The van der Waals surface area contributed by atoms with E-state index >= 15 is 0 Å². The van der Waals surface area contributed by atoms with Crippen molar-refractivity contribution in [2.75, 3.05) is 13.7 Å². The summed E-state index contributed by atoms with van der Waals surface area (Å²) in [4.78, 5) is 4.13. The molecule has 6 heteroatoms. The average Bonchev–Trinajstić information content (AvgIpc) is 3.03. The number of aromatic amines is 1. The van der Waals surface area contributed by atoms with E-state index in [2.05, 4.69) is 46.5 Å². The molecule has 0 fully saturated rings. The van der Waals surface area contributed by atoms with Crippen molar-refractivity contribution in [1.82, 2.24) is 20.5 Å². The van der Waals surface area contributed by atoms with Gasteiger partial charge in [-0.2, -0.15) is 5.10 Å². The topological polar surface area (TPSA) is 62.8 Å². The molecule has 0 aliphatic carbocycles. The number of aromatic nitrogens is 3. The smallest absolute Gasteiger partial charge is 0.183 e. The second-order valence-corrected chi connectivity index (χ2v) is 5.79. The molecule has 0 aliphatic heterocycles. The number of ether oxygens (including phenoxy) is 1. The summed E-state index contributed by atoms with van der Waals surface area (Å²) in [6.45, 7) is 5.38. The highest BCUT2D eigenvalue weighted by Crippen LogP contribution is 2.28. The fourth-order valence-electron chi connectivity index (χ4n) is 2.07. The summed E-state index contributed by atoms with van der Waals surface area (Å²) in [5.41, 5.74) is 2.44. The third-order valence-electron chi connectivity index (χ3n) is 3.26. The van der Waals surface area contributed by atoms with Gasteiger partial charge in [-0.1, -0.05) is 24.8 Å². The van der Waals surface area contributed by atoms with Gasteiger partial charge in [0.1, 0.15) is 12.1 Å². The zero-order chi connectivity index (χ0) is 15.1. The highest BCUT2D eigenvalue weighted by molar-refractivity contribution is 7.98. The molecule has 5 nitrogen and oxygen atoms in total. The first kappa shape index (κ1) is 15.9. The lowest BCUT2D eigenvalue weighted by Crippen LogP contribution is -2.19. The fraction of sp³-hybridized carbons (Fsp3) is 0.467. The van der Waals surface area contributed by atoms with Gasteiger partial charge in [0.15, 0.2) is 5.16 Å². The standard InChI is InChI=1S/C15H22N4OS/c1-4-7-16-11(2)12-5-6-14(20-3)13(8-12)9-21-15-17-10-18-19-15/h5-6,8,10-11,16H,4,7,9H2,1-3H3,(H,17,18,19). The van der Waals surface area contributed by atoms with Crippen LogP contribution in [0.4, 0.5) is 0 Å². The van der Waals surface area contributed by atoms with Crippen LogP contribution in [0.2, 0.25) is 0 Å². The van der Waals surface area contributed by atoms with E-state index in [0.717, 1.165) is 29.6 Å². The Labute approximate surface area is 129 Å². The maximum absolute atomic E-state index is 5.45. The van der Waals surface area contributed by atoms with E-state index in [0.29, 0.717) is 6.04 Å². The Bertz CT molecular complexity index is 545. The van der Waals surface area contributed by atoms with Crippen molar-refractivity contribution in [1.29, 1.82) is 0 Å². The van der Waals surface area contributed by atoms with Crippen LogP contribution >= 0.6 is 11.8 Å². The van der Waals surface area contributed by atoms with Crippen LogP contribution < -0.4 is 10.1 Å². The molecule has 1 unspecified atom stereocenters. The van der Waals surface area contributed by atoms with Crippen LogP contribution in [0.3, 0.4) is 0 Å². The maximum Gasteiger partial charge on any atom is 0.183 e. The lowest BCUT2D eigenvalue weighted by atomic mass is 10.0. The molecule has 0 amide bonds. The molecule has 1 aromatic carbocycles. The molecule has 0 saturated heterocycles. The summed E-state index contributed by atoms with van der Waals surface area (Å²) < 4.78 is 5.45. The zero-order valence-corrected chi connectivity index (χ0v) is 13.5. The van der Waals surface area contributed by atoms with Crippen LogP contribution in [0, 0.1) is 0 Å². The monoisotopic (exact) mass is 306 g/mol. The molecule has 2 aromatic rings. The SMILES string of the molecule is CCCNC(C)c1ccc(OC)c(CSc2ncn[nH]2)c1. The first-order valence-corrected chi connectivity index (χ1v) is 8.11. The Morgan fingerprint density at radius 3 is 2.95 bits per heavy atom. The van der Waals surface area contributed by atoms with Gasteiger partial charge < -0.3 is 10.1 Å². The van der Waals surface area contributed by atoms with Gasteiger partial charge in [-0.25, -0.2) is 4.98 Å².